The van der Waals surface area contributed by atoms with Crippen molar-refractivity contribution >= 4 is 63.6 Å². The molecule has 1 heterocycles. The van der Waals surface area contributed by atoms with Crippen LogP contribution >= 0.6 is 46.4 Å². The van der Waals surface area contributed by atoms with Crippen LogP contribution < -0.4 is 0 Å². The third-order valence-corrected chi connectivity index (χ3v) is 6.98. The number of rotatable bonds is 3. The average molecular weight is 650 g/mol. The van der Waals surface area contributed by atoms with Crippen LogP contribution in [0.2, 0.25) is 15.1 Å². The van der Waals surface area contributed by atoms with Crippen molar-refractivity contribution in [2.24, 2.45) is 0 Å². The van der Waals surface area contributed by atoms with Gasteiger partial charge in [0.25, 0.3) is 5.24 Å². The number of fused-ring (bicyclic) bond motifs is 1. The van der Waals surface area contributed by atoms with E-state index in [0.29, 0.717) is 24.3 Å². The number of halogens is 10. The molecule has 40 heavy (non-hydrogen) atoms. The van der Waals surface area contributed by atoms with Gasteiger partial charge in [0.05, 0.1) is 31.8 Å². The second-order valence-corrected chi connectivity index (χ2v) is 9.33. The molecule has 0 atom stereocenters. The Hall–Kier alpha value is -3.19. The van der Waals surface area contributed by atoms with Gasteiger partial charge in [-0.25, -0.2) is 9.59 Å². The molecule has 6 nitrogen and oxygen atoms in total. The van der Waals surface area contributed by atoms with Crippen LogP contribution in [0.25, 0.3) is 0 Å². The topological polar surface area (TPSA) is 101 Å². The van der Waals surface area contributed by atoms with Gasteiger partial charge in [0.15, 0.2) is 0 Å². The zero-order chi connectivity index (χ0) is 30.4. The number of esters is 2. The molecule has 3 aromatic rings. The molecule has 2 N–H and O–H groups in total. The van der Waals surface area contributed by atoms with Crippen LogP contribution in [0.4, 0.5) is 26.3 Å². The molecule has 0 spiro atoms. The van der Waals surface area contributed by atoms with E-state index in [9.17, 15) is 40.7 Å². The highest BCUT2D eigenvalue weighted by atomic mass is 35.5. The highest BCUT2D eigenvalue weighted by Gasteiger charge is 2.72. The second kappa shape index (κ2) is 11.0. The van der Waals surface area contributed by atoms with Crippen LogP contribution in [0.15, 0.2) is 48.5 Å². The Labute approximate surface area is 239 Å². The third-order valence-electron chi connectivity index (χ3n) is 5.56. The molecular formula is C24H10Cl4F6O6. The van der Waals surface area contributed by atoms with E-state index in [2.05, 4.69) is 4.74 Å². The Kier molecular flexibility index (Phi) is 8.62. The Balaban J connectivity index is 0.000000230. The molecule has 3 aromatic carbocycles. The van der Waals surface area contributed by atoms with Gasteiger partial charge in [-0.1, -0.05) is 59.1 Å². The lowest BCUT2D eigenvalue weighted by Gasteiger charge is -2.38. The lowest BCUT2D eigenvalue weighted by Crippen LogP contribution is -2.54. The smallest absolute Gasteiger partial charge is 0.411 e. The first kappa shape index (κ1) is 31.3. The maximum Gasteiger partial charge on any atom is 0.411 e. The average Bonchev–Trinajstić information content (AvgIpc) is 3.13. The van der Waals surface area contributed by atoms with Crippen molar-refractivity contribution in [2.45, 2.75) is 17.8 Å². The lowest BCUT2D eigenvalue weighted by atomic mass is 9.73. The van der Waals surface area contributed by atoms with E-state index < -0.39 is 57.6 Å². The van der Waals surface area contributed by atoms with Gasteiger partial charge in [-0.2, -0.15) is 26.3 Å². The third kappa shape index (κ3) is 5.28. The summed E-state index contributed by atoms with van der Waals surface area (Å²) in [5.41, 5.74) is -7.32. The summed E-state index contributed by atoms with van der Waals surface area (Å²) in [5, 5.41) is 16.4. The molecule has 0 bridgehead atoms. The Bertz CT molecular complexity index is 1440. The highest BCUT2D eigenvalue weighted by Crippen LogP contribution is 2.56. The minimum atomic E-state index is -5.70. The zero-order valence-electron chi connectivity index (χ0n) is 18.9. The predicted molar refractivity (Wildman–Crippen MR) is 131 cm³/mol. The molecule has 0 aromatic heterocycles. The quantitative estimate of drug-likeness (QED) is 0.0986. The summed E-state index contributed by atoms with van der Waals surface area (Å²) < 4.78 is 85.9. The Morgan fingerprint density at radius 1 is 0.650 bits per heavy atom. The van der Waals surface area contributed by atoms with Crippen molar-refractivity contribution in [3.8, 4) is 11.5 Å². The largest absolute Gasteiger partial charge is 0.508 e. The number of cyclic esters (lactones) is 2. The van der Waals surface area contributed by atoms with Crippen LogP contribution in [0, 0.1) is 0 Å². The van der Waals surface area contributed by atoms with Crippen LogP contribution in [-0.2, 0) is 10.2 Å². The van der Waals surface area contributed by atoms with Gasteiger partial charge in [0, 0.05) is 0 Å². The first-order valence-electron chi connectivity index (χ1n) is 10.3. The number of hydrogen-bond donors (Lipinski definition) is 2. The van der Waals surface area contributed by atoms with Crippen LogP contribution in [-0.4, -0.2) is 39.7 Å². The van der Waals surface area contributed by atoms with Crippen molar-refractivity contribution in [1.29, 1.82) is 0 Å². The number of ether oxygens (including phenoxy) is 1. The van der Waals surface area contributed by atoms with E-state index >= 15 is 0 Å². The minimum absolute atomic E-state index is 0.256. The van der Waals surface area contributed by atoms with Gasteiger partial charge in [-0.15, -0.1) is 0 Å². The molecule has 1 aliphatic heterocycles. The molecule has 1 aliphatic rings. The van der Waals surface area contributed by atoms with E-state index in [1.54, 1.807) is 0 Å². The zero-order valence-corrected chi connectivity index (χ0v) is 21.9. The van der Waals surface area contributed by atoms with Gasteiger partial charge in [-0.3, -0.25) is 4.79 Å². The number of hydrogen-bond acceptors (Lipinski definition) is 6. The van der Waals surface area contributed by atoms with Gasteiger partial charge < -0.3 is 14.9 Å². The SMILES string of the molecule is O=C(Cl)c1c(Cl)c(Cl)c2c(c1Cl)C(=O)OC2=O.Oc1ccc(C(c2ccc(O)cc2)(C(F)(F)F)C(F)(F)F)cc1. The molecule has 0 saturated heterocycles. The molecule has 16 heteroatoms. The van der Waals surface area contributed by atoms with Gasteiger partial charge in [0.2, 0.25) is 5.41 Å². The first-order chi connectivity index (χ1) is 18.4. The molecule has 0 amide bonds. The minimum Gasteiger partial charge on any atom is -0.508 e. The molecule has 0 fully saturated rings. The molecule has 0 unspecified atom stereocenters. The summed E-state index contributed by atoms with van der Waals surface area (Å²) in [7, 11) is 0. The molecule has 0 radical (unpaired) electrons. The van der Waals surface area contributed by atoms with Crippen molar-refractivity contribution < 1.29 is 55.7 Å². The van der Waals surface area contributed by atoms with E-state index in [0.717, 1.165) is 24.3 Å². The van der Waals surface area contributed by atoms with E-state index in [1.807, 2.05) is 0 Å². The molecule has 4 rings (SSSR count). The number of carbonyl (C=O) groups is 3. The van der Waals surface area contributed by atoms with Crippen LogP contribution in [0.5, 0.6) is 11.5 Å². The monoisotopic (exact) mass is 648 g/mol. The molecular weight excluding hydrogens is 640 g/mol. The predicted octanol–water partition coefficient (Wildman–Crippen LogP) is 7.84. The first-order valence-corrected chi connectivity index (χ1v) is 11.8. The second-order valence-electron chi connectivity index (χ2n) is 7.86. The van der Waals surface area contributed by atoms with Gasteiger partial charge in [0.1, 0.15) is 11.5 Å². The molecule has 0 saturated carbocycles. The molecule has 212 valence electrons. The van der Waals surface area contributed by atoms with Crippen molar-refractivity contribution in [3.63, 3.8) is 0 Å². The van der Waals surface area contributed by atoms with Crippen molar-refractivity contribution in [1.82, 2.24) is 0 Å². The van der Waals surface area contributed by atoms with Crippen LogP contribution in [0.1, 0.15) is 42.2 Å². The summed E-state index contributed by atoms with van der Waals surface area (Å²) in [6.07, 6.45) is -11.4. The normalized spacial score (nSPS) is 13.3. The standard InChI is InChI=1S/C15H10F6O2.C9Cl4O4/c16-14(17,18)13(15(19,20)21,9-1-5-11(22)6-2-9)10-3-7-12(23)8-4-10;10-4-1-2(9(16)17-8(1)15)5(11)6(12)3(4)7(13)14/h1-8,22-23H;. The van der Waals surface area contributed by atoms with Crippen LogP contribution in [0.3, 0.4) is 0 Å². The van der Waals surface area contributed by atoms with Gasteiger partial charge in [-0.05, 0) is 47.0 Å². The number of carbonyl (C=O) groups excluding carboxylic acids is 3. The fourth-order valence-electron chi connectivity index (χ4n) is 3.81. The van der Waals surface area contributed by atoms with Crippen molar-refractivity contribution in [3.05, 3.63) is 91.4 Å². The van der Waals surface area contributed by atoms with Gasteiger partial charge >= 0.3 is 24.3 Å². The number of phenols is 2. The highest BCUT2D eigenvalue weighted by molar-refractivity contribution is 6.70. The number of alkyl halides is 6. The summed E-state index contributed by atoms with van der Waals surface area (Å²) >= 11 is 22.6. The summed E-state index contributed by atoms with van der Waals surface area (Å²) in [4.78, 5) is 33.8. The summed E-state index contributed by atoms with van der Waals surface area (Å²) in [5.74, 6) is -2.88. The summed E-state index contributed by atoms with van der Waals surface area (Å²) in [6, 6.07) is 5.30. The number of phenolic OH excluding ortho intramolecular Hbond substituents is 2. The fraction of sp³-hybridized carbons (Fsp3) is 0.125. The number of benzene rings is 3. The Morgan fingerprint density at radius 3 is 1.32 bits per heavy atom. The fourth-order valence-corrected chi connectivity index (χ4v) is 5.03. The number of aromatic hydroxyl groups is 2. The lowest BCUT2D eigenvalue weighted by molar-refractivity contribution is -0.288. The van der Waals surface area contributed by atoms with E-state index in [-0.39, 0.29) is 31.8 Å². The maximum atomic E-state index is 13.6. The maximum absolute atomic E-state index is 13.6. The summed E-state index contributed by atoms with van der Waals surface area (Å²) in [6.45, 7) is 0. The van der Waals surface area contributed by atoms with E-state index in [4.69, 9.17) is 56.6 Å². The Morgan fingerprint density at radius 2 is 1.00 bits per heavy atom. The molecule has 0 aliphatic carbocycles. The van der Waals surface area contributed by atoms with Crippen molar-refractivity contribution in [2.75, 3.05) is 0 Å². The van der Waals surface area contributed by atoms with E-state index in [1.165, 1.54) is 0 Å².